The van der Waals surface area contributed by atoms with Crippen LogP contribution in [0.5, 0.6) is 11.5 Å². The Balaban J connectivity index is 1.57. The van der Waals surface area contributed by atoms with Crippen molar-refractivity contribution in [2.75, 3.05) is 6.61 Å². The summed E-state index contributed by atoms with van der Waals surface area (Å²) in [7, 11) is 0. The fourth-order valence-corrected chi connectivity index (χ4v) is 3.39. The van der Waals surface area contributed by atoms with E-state index in [1.165, 1.54) is 12.3 Å². The quantitative estimate of drug-likeness (QED) is 0.423. The number of rotatable bonds is 6. The highest BCUT2D eigenvalue weighted by Gasteiger charge is 2.31. The first-order chi connectivity index (χ1) is 13.5. The van der Waals surface area contributed by atoms with Crippen LogP contribution in [0, 0.1) is 0 Å². The van der Waals surface area contributed by atoms with Crippen LogP contribution in [0.1, 0.15) is 30.5 Å². The minimum Gasteiger partial charge on any atom is -0.504 e. The number of nitrogens with one attached hydrogen (secondary N) is 3. The van der Waals surface area contributed by atoms with Gasteiger partial charge in [0.25, 0.3) is 5.91 Å². The lowest BCUT2D eigenvalue weighted by Crippen LogP contribution is -2.41. The van der Waals surface area contributed by atoms with Gasteiger partial charge < -0.3 is 9.84 Å². The number of phenols is 1. The minimum absolute atomic E-state index is 0.0520. The molecule has 0 radical (unpaired) electrons. The van der Waals surface area contributed by atoms with Crippen molar-refractivity contribution in [2.45, 2.75) is 25.4 Å². The molecule has 0 bridgehead atoms. The summed E-state index contributed by atoms with van der Waals surface area (Å²) in [6, 6.07) is 9.51. The standard InChI is InChI=1S/C19H20Cl2N4O3/c1-2-28-18-7-11(3-6-17(18)26)10-22-25-19(27)16-9-15(23-24-16)13-5-4-12(20)8-14(13)21/h3-8,10,15-16,23-24,26H,2,9H2,1H3,(H,25,27)/b22-10+. The molecule has 0 aliphatic carbocycles. The van der Waals surface area contributed by atoms with Crippen LogP contribution < -0.4 is 21.0 Å². The Morgan fingerprint density at radius 2 is 2.14 bits per heavy atom. The maximum atomic E-state index is 12.3. The predicted octanol–water partition coefficient (Wildman–Crippen LogP) is 3.16. The predicted molar refractivity (Wildman–Crippen MR) is 109 cm³/mol. The second-order valence-electron chi connectivity index (χ2n) is 6.19. The van der Waals surface area contributed by atoms with Gasteiger partial charge in [-0.05, 0) is 54.8 Å². The van der Waals surface area contributed by atoms with Gasteiger partial charge in [0.1, 0.15) is 6.04 Å². The molecule has 1 aliphatic heterocycles. The molecule has 1 fully saturated rings. The van der Waals surface area contributed by atoms with Crippen molar-refractivity contribution in [1.82, 2.24) is 16.3 Å². The van der Waals surface area contributed by atoms with Gasteiger partial charge >= 0.3 is 0 Å². The maximum Gasteiger partial charge on any atom is 0.258 e. The SMILES string of the molecule is CCOc1cc(/C=N/NC(=O)C2CC(c3ccc(Cl)cc3Cl)NN2)ccc1O. The van der Waals surface area contributed by atoms with Crippen molar-refractivity contribution in [2.24, 2.45) is 5.10 Å². The van der Waals surface area contributed by atoms with Gasteiger partial charge in [-0.25, -0.2) is 16.3 Å². The number of aromatic hydroxyl groups is 1. The Morgan fingerprint density at radius 3 is 2.89 bits per heavy atom. The van der Waals surface area contributed by atoms with Gasteiger partial charge in [0, 0.05) is 16.1 Å². The van der Waals surface area contributed by atoms with Gasteiger partial charge in [-0.3, -0.25) is 4.79 Å². The van der Waals surface area contributed by atoms with Gasteiger partial charge in [0.2, 0.25) is 0 Å². The lowest BCUT2D eigenvalue weighted by Gasteiger charge is -2.11. The fraction of sp³-hybridized carbons (Fsp3) is 0.263. The van der Waals surface area contributed by atoms with Crippen molar-refractivity contribution in [1.29, 1.82) is 0 Å². The molecule has 2 unspecified atom stereocenters. The molecule has 148 valence electrons. The van der Waals surface area contributed by atoms with Crippen molar-refractivity contribution in [3.8, 4) is 11.5 Å². The number of hydrogen-bond acceptors (Lipinski definition) is 6. The molecule has 28 heavy (non-hydrogen) atoms. The van der Waals surface area contributed by atoms with Crippen LogP contribution in [0.3, 0.4) is 0 Å². The smallest absolute Gasteiger partial charge is 0.258 e. The van der Waals surface area contributed by atoms with Crippen molar-refractivity contribution >= 4 is 35.3 Å². The van der Waals surface area contributed by atoms with E-state index in [2.05, 4.69) is 21.4 Å². The molecule has 9 heteroatoms. The van der Waals surface area contributed by atoms with E-state index in [0.29, 0.717) is 34.4 Å². The summed E-state index contributed by atoms with van der Waals surface area (Å²) in [5, 5.41) is 14.8. The normalized spacial score (nSPS) is 19.1. The number of hydrazine groups is 1. The zero-order valence-corrected chi connectivity index (χ0v) is 16.6. The zero-order valence-electron chi connectivity index (χ0n) is 15.1. The summed E-state index contributed by atoms with van der Waals surface area (Å²) < 4.78 is 5.32. The molecule has 4 N–H and O–H groups in total. The highest BCUT2D eigenvalue weighted by Crippen LogP contribution is 2.30. The van der Waals surface area contributed by atoms with E-state index >= 15 is 0 Å². The number of amides is 1. The number of halogens is 2. The molecule has 0 spiro atoms. The summed E-state index contributed by atoms with van der Waals surface area (Å²) in [4.78, 5) is 12.3. The minimum atomic E-state index is -0.465. The van der Waals surface area contributed by atoms with Gasteiger partial charge in [-0.15, -0.1) is 0 Å². The molecule has 1 heterocycles. The van der Waals surface area contributed by atoms with Crippen LogP contribution in [0.4, 0.5) is 0 Å². The highest BCUT2D eigenvalue weighted by molar-refractivity contribution is 6.35. The van der Waals surface area contributed by atoms with E-state index in [0.717, 1.165) is 5.56 Å². The lowest BCUT2D eigenvalue weighted by molar-refractivity contribution is -0.122. The third-order valence-corrected chi connectivity index (χ3v) is 4.79. The average Bonchev–Trinajstić information content (AvgIpc) is 3.14. The summed E-state index contributed by atoms with van der Waals surface area (Å²) in [5.74, 6) is 0.137. The molecule has 2 atom stereocenters. The Kier molecular flexibility index (Phi) is 6.74. The number of phenolic OH excluding ortho intramolecular Hbond substituents is 1. The van der Waals surface area contributed by atoms with Crippen molar-refractivity contribution in [3.63, 3.8) is 0 Å². The molecule has 7 nitrogen and oxygen atoms in total. The lowest BCUT2D eigenvalue weighted by atomic mass is 10.0. The number of nitrogens with zero attached hydrogens (tertiary/aromatic N) is 1. The number of carbonyl (C=O) groups is 1. The van der Waals surface area contributed by atoms with Gasteiger partial charge in [-0.1, -0.05) is 29.3 Å². The topological polar surface area (TPSA) is 95.0 Å². The summed E-state index contributed by atoms with van der Waals surface area (Å²) >= 11 is 12.2. The van der Waals surface area contributed by atoms with Crippen LogP contribution >= 0.6 is 23.2 Å². The molecular formula is C19H20Cl2N4O3. The third kappa shape index (κ3) is 4.94. The molecule has 1 saturated heterocycles. The molecule has 0 aromatic heterocycles. The monoisotopic (exact) mass is 422 g/mol. The first kappa shape index (κ1) is 20.4. The summed E-state index contributed by atoms with van der Waals surface area (Å²) in [6.07, 6.45) is 1.99. The molecule has 1 amide bonds. The van der Waals surface area contributed by atoms with Crippen LogP contribution in [0.2, 0.25) is 10.0 Å². The molecule has 2 aromatic carbocycles. The average molecular weight is 423 g/mol. The number of hydrogen-bond donors (Lipinski definition) is 4. The molecule has 2 aromatic rings. The van der Waals surface area contributed by atoms with Crippen molar-refractivity contribution < 1.29 is 14.6 Å². The van der Waals surface area contributed by atoms with E-state index < -0.39 is 6.04 Å². The van der Waals surface area contributed by atoms with E-state index in [1.54, 1.807) is 24.3 Å². The highest BCUT2D eigenvalue weighted by atomic mass is 35.5. The van der Waals surface area contributed by atoms with E-state index in [4.69, 9.17) is 27.9 Å². The maximum absolute atomic E-state index is 12.3. The summed E-state index contributed by atoms with van der Waals surface area (Å²) in [6.45, 7) is 2.26. The largest absolute Gasteiger partial charge is 0.504 e. The van der Waals surface area contributed by atoms with Crippen LogP contribution in [0.25, 0.3) is 0 Å². The van der Waals surface area contributed by atoms with E-state index in [1.807, 2.05) is 13.0 Å². The van der Waals surface area contributed by atoms with E-state index in [-0.39, 0.29) is 17.7 Å². The Morgan fingerprint density at radius 1 is 1.32 bits per heavy atom. The van der Waals surface area contributed by atoms with Gasteiger partial charge in [0.15, 0.2) is 11.5 Å². The van der Waals surface area contributed by atoms with Gasteiger partial charge in [-0.2, -0.15) is 5.10 Å². The van der Waals surface area contributed by atoms with E-state index in [9.17, 15) is 9.90 Å². The first-order valence-electron chi connectivity index (χ1n) is 8.72. The zero-order chi connectivity index (χ0) is 20.1. The van der Waals surface area contributed by atoms with Gasteiger partial charge in [0.05, 0.1) is 12.8 Å². The third-order valence-electron chi connectivity index (χ3n) is 4.23. The second kappa shape index (κ2) is 9.25. The second-order valence-corrected chi connectivity index (χ2v) is 7.03. The summed E-state index contributed by atoms with van der Waals surface area (Å²) in [5.41, 5.74) is 10.1. The Bertz CT molecular complexity index is 891. The number of carbonyl (C=O) groups excluding carboxylic acids is 1. The fourth-order valence-electron chi connectivity index (χ4n) is 2.85. The molecule has 0 saturated carbocycles. The molecule has 3 rings (SSSR count). The number of hydrazone groups is 1. The number of ether oxygens (including phenoxy) is 1. The Hall–Kier alpha value is -2.32. The first-order valence-corrected chi connectivity index (χ1v) is 9.48. The Labute approximate surface area is 172 Å². The van der Waals surface area contributed by atoms with Crippen molar-refractivity contribution in [3.05, 3.63) is 57.6 Å². The number of benzene rings is 2. The van der Waals surface area contributed by atoms with Crippen LogP contribution in [-0.4, -0.2) is 29.9 Å². The molecule has 1 aliphatic rings. The van der Waals surface area contributed by atoms with Crippen LogP contribution in [0.15, 0.2) is 41.5 Å². The van der Waals surface area contributed by atoms with Crippen LogP contribution in [-0.2, 0) is 4.79 Å². The molecular weight excluding hydrogens is 403 g/mol.